The standard InChI is InChI=1S/C20H37NO2.C20H36O2S.C16H30O3.C16H18O2/c1-3-17(20(22)23-19-7-5-4-6-8-19)14-15(2)13-16-9-11-18(21)12-10-16;1-3-17(20(21)22-18-7-5-4-6-8-18)14-15(2)13-16-9-11-19(23)12-10-16;1-4-14(16(18)19-5-2)11-12(3)10-13-6-8-15(17)9-7-13;1-3-12-7-5-9-14(16(12)18)10-13-8-4-6-11(2)15(13)17/h15-19H,3-14,21H2,1-2H3;15-19,23H,3-14H2,1-2H3;12-15,17H,4-11H2,1-3H3;4-9,17-18H,3,10H2,1-2H3. The van der Waals surface area contributed by atoms with Crippen LogP contribution in [0.4, 0.5) is 0 Å². The summed E-state index contributed by atoms with van der Waals surface area (Å²) in [6.45, 7) is 19.4. The van der Waals surface area contributed by atoms with Gasteiger partial charge in [0.05, 0.1) is 30.5 Å². The van der Waals surface area contributed by atoms with Gasteiger partial charge in [-0.3, -0.25) is 14.4 Å². The van der Waals surface area contributed by atoms with Crippen LogP contribution in [0.2, 0.25) is 0 Å². The number of aromatic hydroxyl groups is 2. The first-order valence-electron chi connectivity index (χ1n) is 34.1. The number of esters is 3. The summed E-state index contributed by atoms with van der Waals surface area (Å²) in [7, 11) is 0. The van der Waals surface area contributed by atoms with Crippen molar-refractivity contribution in [3.63, 3.8) is 0 Å². The summed E-state index contributed by atoms with van der Waals surface area (Å²) in [5.74, 6) is 5.23. The van der Waals surface area contributed by atoms with Gasteiger partial charge in [-0.05, 0) is 264 Å². The first-order chi connectivity index (χ1) is 39.9. The molecule has 11 heteroatoms. The highest BCUT2D eigenvalue weighted by molar-refractivity contribution is 7.80. The van der Waals surface area contributed by atoms with Gasteiger partial charge in [0, 0.05) is 17.7 Å². The van der Waals surface area contributed by atoms with Gasteiger partial charge in [0.2, 0.25) is 0 Å². The molecular weight excluding hydrogens is 1050 g/mol. The maximum atomic E-state index is 12.5. The maximum Gasteiger partial charge on any atom is 0.309 e. The number of hydrogen-bond donors (Lipinski definition) is 5. The van der Waals surface area contributed by atoms with Crippen molar-refractivity contribution in [1.82, 2.24) is 0 Å². The van der Waals surface area contributed by atoms with Crippen LogP contribution in [-0.2, 0) is 41.4 Å². The molecule has 0 spiro atoms. The lowest BCUT2D eigenvalue weighted by Gasteiger charge is -2.29. The van der Waals surface area contributed by atoms with Crippen LogP contribution in [0.1, 0.15) is 277 Å². The molecule has 0 saturated heterocycles. The Labute approximate surface area is 511 Å². The van der Waals surface area contributed by atoms with E-state index in [0.29, 0.717) is 53.6 Å². The van der Waals surface area contributed by atoms with Crippen LogP contribution in [0.25, 0.3) is 0 Å². The average molecular weight is 1180 g/mol. The molecule has 0 amide bonds. The fourth-order valence-electron chi connectivity index (χ4n) is 14.2. The average Bonchev–Trinajstić information content (AvgIpc) is 3.51. The number of nitrogens with two attached hydrogens (primary N) is 1. The number of benzene rings is 2. The van der Waals surface area contributed by atoms with Crippen molar-refractivity contribution < 1.29 is 43.9 Å². The lowest BCUT2D eigenvalue weighted by Crippen LogP contribution is -2.29. The summed E-state index contributed by atoms with van der Waals surface area (Å²) in [4.78, 5) is 36.7. The molecule has 10 nitrogen and oxygen atoms in total. The maximum absolute atomic E-state index is 12.5. The Bertz CT molecular complexity index is 2010. The lowest BCUT2D eigenvalue weighted by atomic mass is 9.79. The van der Waals surface area contributed by atoms with E-state index < -0.39 is 0 Å². The molecule has 6 atom stereocenters. The predicted molar refractivity (Wildman–Crippen MR) is 345 cm³/mol. The Morgan fingerprint density at radius 1 is 0.530 bits per heavy atom. The van der Waals surface area contributed by atoms with Crippen LogP contribution in [-0.4, -0.2) is 69.4 Å². The Morgan fingerprint density at radius 2 is 0.916 bits per heavy atom. The van der Waals surface area contributed by atoms with Crippen molar-refractivity contribution in [2.24, 2.45) is 59.0 Å². The Balaban J connectivity index is 0.000000239. The molecule has 474 valence electrons. The van der Waals surface area contributed by atoms with Gasteiger partial charge in [-0.15, -0.1) is 0 Å². The van der Waals surface area contributed by atoms with Crippen molar-refractivity contribution in [3.8, 4) is 11.5 Å². The van der Waals surface area contributed by atoms with E-state index in [1.807, 2.05) is 57.2 Å². The second-order valence-electron chi connectivity index (χ2n) is 26.9. The summed E-state index contributed by atoms with van der Waals surface area (Å²) >= 11 is 4.59. The molecule has 5 N–H and O–H groups in total. The monoisotopic (exact) mass is 1180 g/mol. The van der Waals surface area contributed by atoms with E-state index in [9.17, 15) is 29.7 Å². The second-order valence-corrected chi connectivity index (χ2v) is 27.6. The number of hydrogen-bond acceptors (Lipinski definition) is 11. The van der Waals surface area contributed by atoms with Crippen molar-refractivity contribution >= 4 is 30.5 Å². The predicted octanol–water partition coefficient (Wildman–Crippen LogP) is 17.7. The topological polar surface area (TPSA) is 166 Å². The quantitative estimate of drug-likeness (QED) is 0.0388. The van der Waals surface area contributed by atoms with Gasteiger partial charge in [0.25, 0.3) is 0 Å². The molecule has 0 radical (unpaired) electrons. The number of thiol groups is 1. The van der Waals surface area contributed by atoms with E-state index in [-0.39, 0.29) is 54.0 Å². The van der Waals surface area contributed by atoms with Gasteiger partial charge in [-0.1, -0.05) is 97.7 Å². The Hall–Kier alpha value is -3.28. The van der Waals surface area contributed by atoms with Gasteiger partial charge in [0.1, 0.15) is 23.7 Å². The molecule has 0 aliphatic heterocycles. The van der Waals surface area contributed by atoms with Crippen LogP contribution in [0.5, 0.6) is 11.5 Å². The number of rotatable bonds is 24. The summed E-state index contributed by atoms with van der Waals surface area (Å²) < 4.78 is 16.7. The van der Waals surface area contributed by atoms with Crippen LogP contribution >= 0.6 is 12.6 Å². The molecule has 5 aliphatic rings. The molecule has 5 aliphatic carbocycles. The molecular formula is C72H121NO9S. The van der Waals surface area contributed by atoms with Crippen molar-refractivity contribution in [2.45, 2.75) is 304 Å². The molecule has 5 saturated carbocycles. The third-order valence-corrected chi connectivity index (χ3v) is 20.0. The van der Waals surface area contributed by atoms with Crippen LogP contribution in [0, 0.1) is 60.2 Å². The third kappa shape index (κ3) is 27.5. The van der Waals surface area contributed by atoms with E-state index >= 15 is 0 Å². The largest absolute Gasteiger partial charge is 0.507 e. The number of aryl methyl sites for hydroxylation is 2. The molecule has 2 aromatic carbocycles. The number of aliphatic hydroxyl groups excluding tert-OH is 1. The zero-order valence-corrected chi connectivity index (χ0v) is 54.8. The molecule has 7 rings (SSSR count). The highest BCUT2D eigenvalue weighted by Gasteiger charge is 2.30. The van der Waals surface area contributed by atoms with Crippen molar-refractivity contribution in [2.75, 3.05) is 6.61 Å². The first kappa shape index (κ1) is 72.2. The van der Waals surface area contributed by atoms with Crippen LogP contribution < -0.4 is 5.73 Å². The SMILES string of the molecule is CCC(CC(C)CC1CCC(N)CC1)C(=O)OC1CCCCC1.CCC(CC(C)CC1CCC(S)CC1)C(=O)OC1CCCCC1.CCOC(=O)C(CC)CC(C)CC1CCC(O)CC1.CCc1cccc(Cc2cccc(C)c2O)c1O. The Kier molecular flexibility index (Phi) is 35.0. The number of para-hydroxylation sites is 2. The van der Waals surface area contributed by atoms with Gasteiger partial charge in [-0.2, -0.15) is 12.6 Å². The molecule has 83 heavy (non-hydrogen) atoms. The third-order valence-electron chi connectivity index (χ3n) is 19.5. The van der Waals surface area contributed by atoms with Gasteiger partial charge < -0.3 is 35.3 Å². The Morgan fingerprint density at radius 3 is 1.34 bits per heavy atom. The molecule has 0 bridgehead atoms. The van der Waals surface area contributed by atoms with E-state index in [2.05, 4.69) is 54.2 Å². The number of phenolic OH excluding ortho intramolecular Hbond substituents is 2. The van der Waals surface area contributed by atoms with E-state index in [1.54, 1.807) is 0 Å². The minimum Gasteiger partial charge on any atom is -0.507 e. The highest BCUT2D eigenvalue weighted by Crippen LogP contribution is 2.37. The second kappa shape index (κ2) is 40.2. The fourth-order valence-corrected chi connectivity index (χ4v) is 14.5. The number of aliphatic hydroxyl groups is 1. The zero-order valence-electron chi connectivity index (χ0n) is 53.9. The summed E-state index contributed by atoms with van der Waals surface area (Å²) in [5.41, 5.74) is 9.50. The zero-order chi connectivity index (χ0) is 60.7. The highest BCUT2D eigenvalue weighted by atomic mass is 32.1. The van der Waals surface area contributed by atoms with Gasteiger partial charge >= 0.3 is 17.9 Å². The van der Waals surface area contributed by atoms with E-state index in [4.69, 9.17) is 19.9 Å². The normalized spacial score (nSPS) is 24.5. The van der Waals surface area contributed by atoms with Crippen LogP contribution in [0.15, 0.2) is 36.4 Å². The van der Waals surface area contributed by atoms with Gasteiger partial charge in [0.15, 0.2) is 0 Å². The molecule has 6 unspecified atom stereocenters. The molecule has 0 heterocycles. The van der Waals surface area contributed by atoms with Gasteiger partial charge in [-0.25, -0.2) is 0 Å². The summed E-state index contributed by atoms with van der Waals surface area (Å²) in [5, 5.41) is 30.3. The minimum absolute atomic E-state index is 0.0316. The van der Waals surface area contributed by atoms with E-state index in [1.165, 1.54) is 109 Å². The number of ether oxygens (including phenoxy) is 3. The lowest BCUT2D eigenvalue weighted by molar-refractivity contribution is -0.157. The first-order valence-corrected chi connectivity index (χ1v) is 34.6. The molecule has 0 aromatic heterocycles. The van der Waals surface area contributed by atoms with Crippen molar-refractivity contribution in [1.29, 1.82) is 0 Å². The summed E-state index contributed by atoms with van der Waals surface area (Å²) in [6.07, 6.45) is 37.0. The van der Waals surface area contributed by atoms with Crippen LogP contribution in [0.3, 0.4) is 0 Å². The fraction of sp³-hybridized carbons (Fsp3) is 0.792. The molecule has 2 aromatic rings. The minimum atomic E-state index is -0.0746. The smallest absolute Gasteiger partial charge is 0.309 e. The number of carbonyl (C=O) groups is 3. The number of carbonyl (C=O) groups excluding carboxylic acids is 3. The summed E-state index contributed by atoms with van der Waals surface area (Å²) in [6, 6.07) is 11.9. The van der Waals surface area contributed by atoms with E-state index in [0.717, 1.165) is 136 Å². The van der Waals surface area contributed by atoms with Crippen molar-refractivity contribution in [3.05, 3.63) is 58.7 Å². The molecule has 5 fully saturated rings. The number of phenols is 2.